The minimum Gasteiger partial charge on any atom is -0.748 e. The predicted octanol–water partition coefficient (Wildman–Crippen LogP) is 15.4. The highest BCUT2D eigenvalue weighted by Gasteiger charge is 2.44. The first-order valence-electron chi connectivity index (χ1n) is 23.7. The summed E-state index contributed by atoms with van der Waals surface area (Å²) >= 11 is 3.48. The number of phenolic OH excluding ortho intramolecular Hbond substituents is 1. The van der Waals surface area contributed by atoms with E-state index in [4.69, 9.17) is 14.6 Å². The van der Waals surface area contributed by atoms with Gasteiger partial charge in [-0.25, -0.2) is 13.2 Å². The first-order chi connectivity index (χ1) is 33.7. The third kappa shape index (κ3) is 17.4. The van der Waals surface area contributed by atoms with Crippen LogP contribution in [0.5, 0.6) is 11.5 Å². The van der Waals surface area contributed by atoms with Gasteiger partial charge in [0.2, 0.25) is 6.10 Å². The van der Waals surface area contributed by atoms with Crippen molar-refractivity contribution in [3.8, 4) is 16.4 Å². The average Bonchev–Trinajstić information content (AvgIpc) is 3.92. The molecule has 3 atom stereocenters. The Morgan fingerprint density at radius 1 is 0.792 bits per heavy atom. The molecule has 1 saturated carbocycles. The summed E-state index contributed by atoms with van der Waals surface area (Å²) in [6.07, 6.45) is -1.47. The average molecular weight is 1260 g/mol. The lowest BCUT2D eigenvalue weighted by Crippen LogP contribution is -2.39. The number of hydrogen-bond acceptors (Lipinski definition) is 10. The monoisotopic (exact) mass is 1260 g/mol. The van der Waals surface area contributed by atoms with E-state index >= 15 is 0 Å². The fraction of sp³-hybridized carbons (Fsp3) is 0.400. The second-order valence-electron chi connectivity index (χ2n) is 18.4. The summed E-state index contributed by atoms with van der Waals surface area (Å²) < 4.78 is 89.3. The summed E-state index contributed by atoms with van der Waals surface area (Å²) in [5, 5.41) is 11.8. The zero-order valence-electron chi connectivity index (χ0n) is 41.7. The predicted molar refractivity (Wildman–Crippen MR) is 296 cm³/mol. The molecule has 17 heteroatoms. The number of carbonyl (C=O) groups excluding carboxylic acids is 3. The fourth-order valence-corrected chi connectivity index (χ4v) is 12.0. The van der Waals surface area contributed by atoms with Crippen molar-refractivity contribution in [2.75, 3.05) is 5.75 Å². The number of rotatable bonds is 13. The number of alkyl halides is 3. The van der Waals surface area contributed by atoms with Crippen LogP contribution in [0.4, 0.5) is 13.2 Å². The van der Waals surface area contributed by atoms with E-state index in [1.54, 1.807) is 48.6 Å². The molecular weight excluding hydrogens is 1200 g/mol. The quantitative estimate of drug-likeness (QED) is 0.0388. The largest absolute Gasteiger partial charge is 0.748 e. The molecule has 3 unspecified atom stereocenters. The maximum absolute atomic E-state index is 12.9. The molecule has 1 heterocycles. The number of hydrogen-bond donors (Lipinski definition) is 1. The Kier molecular flexibility index (Phi) is 22.4. The molecule has 390 valence electrons. The van der Waals surface area contributed by atoms with E-state index in [9.17, 15) is 40.5 Å². The number of benzene rings is 5. The van der Waals surface area contributed by atoms with Crippen LogP contribution in [-0.4, -0.2) is 59.6 Å². The summed E-state index contributed by atoms with van der Waals surface area (Å²) in [5.74, 6) is -3.64. The van der Waals surface area contributed by atoms with E-state index in [1.807, 2.05) is 55.5 Å². The molecule has 1 N–H and O–H groups in total. The Morgan fingerprint density at radius 2 is 1.32 bits per heavy atom. The number of carbonyl (C=O) groups is 3. The standard InChI is InChI=1S/C18H13S.C15H15F3I2O7S.C12H22O2.C10H14O/c1-2-8-14(9-3-1)19-17-12-6-4-10-15(17)16-11-5-7-13-18(16)19;1-3-7(2)13(21)26-11-4-8(9(19)5-10(11)20)14(22)27-12(15(16,17)18)6-28(23,24)25;1-5-11(2,3)10(13)14-12(4)8-6-7-9-12;1-3-8(2)9-4-6-10(11)7-5-9/h1-13H;4-5,7,12H,3,6H2,1-2H3,(H,23,24,25);5-9H2,1-4H3;4-8,11H,3H2,1-2H3/q+1;;;/p-1. The molecule has 1 fully saturated rings. The van der Waals surface area contributed by atoms with E-state index in [0.717, 1.165) is 31.7 Å². The maximum atomic E-state index is 12.9. The van der Waals surface area contributed by atoms with Crippen molar-refractivity contribution in [3.63, 3.8) is 0 Å². The molecule has 7 rings (SSSR count). The van der Waals surface area contributed by atoms with Gasteiger partial charge in [-0.05, 0) is 183 Å². The molecule has 0 spiro atoms. The van der Waals surface area contributed by atoms with Crippen LogP contribution in [-0.2, 0) is 29.2 Å². The minimum absolute atomic E-state index is 0.0376. The van der Waals surface area contributed by atoms with Crippen molar-refractivity contribution in [2.24, 2.45) is 11.3 Å². The molecule has 0 amide bonds. The van der Waals surface area contributed by atoms with Crippen molar-refractivity contribution >= 4 is 104 Å². The van der Waals surface area contributed by atoms with Crippen molar-refractivity contribution in [3.05, 3.63) is 134 Å². The minimum atomic E-state index is -5.31. The Balaban J connectivity index is 0.000000221. The van der Waals surface area contributed by atoms with E-state index < -0.39 is 46.0 Å². The number of ether oxygens (including phenoxy) is 3. The molecule has 0 radical (unpaired) electrons. The van der Waals surface area contributed by atoms with Gasteiger partial charge in [-0.15, -0.1) is 0 Å². The highest BCUT2D eigenvalue weighted by Crippen LogP contribution is 2.48. The van der Waals surface area contributed by atoms with Crippen molar-refractivity contribution in [1.29, 1.82) is 0 Å². The van der Waals surface area contributed by atoms with Crippen LogP contribution < -0.4 is 4.74 Å². The molecule has 72 heavy (non-hydrogen) atoms. The molecule has 5 aromatic carbocycles. The van der Waals surface area contributed by atoms with Gasteiger partial charge in [0.1, 0.15) is 17.1 Å². The molecule has 1 aliphatic carbocycles. The van der Waals surface area contributed by atoms with Crippen LogP contribution in [0.25, 0.3) is 25.1 Å². The fourth-order valence-electron chi connectivity index (χ4n) is 7.15. The number of halogens is 5. The Labute approximate surface area is 451 Å². The number of esters is 3. The number of thiophene rings is 1. The van der Waals surface area contributed by atoms with Crippen LogP contribution in [0, 0.1) is 18.5 Å². The summed E-state index contributed by atoms with van der Waals surface area (Å²) in [7, 11) is -5.25. The Morgan fingerprint density at radius 3 is 1.81 bits per heavy atom. The topological polar surface area (TPSA) is 156 Å². The van der Waals surface area contributed by atoms with Gasteiger partial charge in [-0.2, -0.15) is 13.2 Å². The van der Waals surface area contributed by atoms with Crippen LogP contribution in [0.1, 0.15) is 122 Å². The number of fused-ring (bicyclic) bond motifs is 3. The highest BCUT2D eigenvalue weighted by atomic mass is 127. The van der Waals surface area contributed by atoms with Crippen LogP contribution in [0.2, 0.25) is 0 Å². The van der Waals surface area contributed by atoms with Gasteiger partial charge in [0.05, 0.1) is 36.3 Å². The van der Waals surface area contributed by atoms with E-state index in [-0.39, 0.29) is 42.3 Å². The molecule has 0 bridgehead atoms. The van der Waals surface area contributed by atoms with Gasteiger partial charge in [0.15, 0.2) is 14.3 Å². The normalized spacial score (nSPS) is 14.5. The molecule has 1 aromatic heterocycles. The second-order valence-corrected chi connectivity index (χ2v) is 24.2. The first kappa shape index (κ1) is 60.2. The smallest absolute Gasteiger partial charge is 0.426 e. The third-order valence-electron chi connectivity index (χ3n) is 12.4. The molecular formula is C55H63F3I2O10S2. The summed E-state index contributed by atoms with van der Waals surface area (Å²) in [5.41, 5.74) is 0.422. The van der Waals surface area contributed by atoms with Crippen LogP contribution in [0.15, 0.2) is 115 Å². The van der Waals surface area contributed by atoms with E-state index in [0.29, 0.717) is 21.7 Å². The van der Waals surface area contributed by atoms with Crippen molar-refractivity contribution in [2.45, 2.75) is 124 Å². The second kappa shape index (κ2) is 26.8. The van der Waals surface area contributed by atoms with Gasteiger partial charge < -0.3 is 23.9 Å². The van der Waals surface area contributed by atoms with Gasteiger partial charge in [0, 0.05) is 24.8 Å². The highest BCUT2D eigenvalue weighted by molar-refractivity contribution is 14.1. The van der Waals surface area contributed by atoms with E-state index in [1.165, 1.54) is 49.5 Å². The van der Waals surface area contributed by atoms with Gasteiger partial charge in [-0.1, -0.05) is 89.2 Å². The number of aromatic hydroxyl groups is 1. The summed E-state index contributed by atoms with van der Waals surface area (Å²) in [6.45, 7) is 15.7. The molecule has 1 aliphatic rings. The molecule has 10 nitrogen and oxygen atoms in total. The van der Waals surface area contributed by atoms with Gasteiger partial charge >= 0.3 is 24.1 Å². The Hall–Kier alpha value is -4.31. The zero-order valence-corrected chi connectivity index (χ0v) is 47.6. The lowest BCUT2D eigenvalue weighted by molar-refractivity contribution is -0.197. The zero-order chi connectivity index (χ0) is 53.6. The summed E-state index contributed by atoms with van der Waals surface area (Å²) in [6, 6.07) is 38.2. The van der Waals surface area contributed by atoms with Crippen LogP contribution in [0.3, 0.4) is 0 Å². The lowest BCUT2D eigenvalue weighted by atomic mass is 9.90. The third-order valence-corrected chi connectivity index (χ3v) is 17.2. The van der Waals surface area contributed by atoms with Crippen LogP contribution >= 0.6 is 55.7 Å². The number of phenols is 1. The maximum Gasteiger partial charge on any atom is 0.426 e. The first-order valence-corrected chi connectivity index (χ1v) is 28.6. The SMILES string of the molecule is CCC(C)(C)C(=O)OC1(C)CCCC1.CCC(C)C(=O)Oc1cc(C(=O)OC(CS(=O)(=O)[O-])C(F)(F)F)c(I)cc1I.CCC(C)c1ccc(O)cc1.c1ccc(-[s+]2c3ccccc3c3ccccc32)cc1. The van der Waals surface area contributed by atoms with E-state index in [2.05, 4.69) is 104 Å². The molecule has 0 aliphatic heterocycles. The van der Waals surface area contributed by atoms with Gasteiger partial charge in [-0.3, -0.25) is 9.59 Å². The molecule has 0 saturated heterocycles. The van der Waals surface area contributed by atoms with Crippen molar-refractivity contribution in [1.82, 2.24) is 0 Å². The molecule has 6 aromatic rings. The van der Waals surface area contributed by atoms with Crippen molar-refractivity contribution < 1.29 is 59.8 Å². The Bertz CT molecular complexity index is 2810. The summed E-state index contributed by atoms with van der Waals surface area (Å²) in [4.78, 5) is 37.4. The lowest BCUT2D eigenvalue weighted by Gasteiger charge is -2.29. The van der Waals surface area contributed by atoms with Gasteiger partial charge in [0.25, 0.3) is 0 Å².